The number of hydrogen-bond acceptors (Lipinski definition) is 2. The van der Waals surface area contributed by atoms with Gasteiger partial charge in [-0.1, -0.05) is 60.7 Å². The summed E-state index contributed by atoms with van der Waals surface area (Å²) in [6.45, 7) is 3.35. The molecule has 2 aliphatic rings. The molecule has 0 bridgehead atoms. The summed E-state index contributed by atoms with van der Waals surface area (Å²) in [6, 6.07) is 21.7. The van der Waals surface area contributed by atoms with Gasteiger partial charge in [0.2, 0.25) is 5.91 Å². The van der Waals surface area contributed by atoms with Crippen LogP contribution in [0.5, 0.6) is 0 Å². The molecular formula is C21H24N2O. The van der Waals surface area contributed by atoms with Gasteiger partial charge in [0.1, 0.15) is 0 Å². The molecule has 1 amide bonds. The van der Waals surface area contributed by atoms with Gasteiger partial charge in [-0.15, -0.1) is 0 Å². The van der Waals surface area contributed by atoms with Gasteiger partial charge in [-0.3, -0.25) is 9.69 Å². The number of benzene rings is 2. The maximum Gasteiger partial charge on any atom is 0.234 e. The summed E-state index contributed by atoms with van der Waals surface area (Å²) < 4.78 is 0. The molecule has 1 aliphatic heterocycles. The third-order valence-corrected chi connectivity index (χ3v) is 5.50. The molecule has 0 aromatic heterocycles. The second-order valence-electron chi connectivity index (χ2n) is 7.04. The summed E-state index contributed by atoms with van der Waals surface area (Å²) in [5.41, 5.74) is 2.92. The van der Waals surface area contributed by atoms with Gasteiger partial charge in [0.25, 0.3) is 0 Å². The topological polar surface area (TPSA) is 32.3 Å². The van der Waals surface area contributed by atoms with Gasteiger partial charge in [0.05, 0.1) is 6.54 Å². The van der Waals surface area contributed by atoms with Crippen LogP contribution in [-0.4, -0.2) is 37.0 Å². The van der Waals surface area contributed by atoms with Crippen LogP contribution in [0.15, 0.2) is 60.7 Å². The fraction of sp³-hybridized carbons (Fsp3) is 0.381. The fourth-order valence-electron chi connectivity index (χ4n) is 4.23. The molecule has 24 heavy (non-hydrogen) atoms. The molecule has 1 saturated carbocycles. The van der Waals surface area contributed by atoms with Crippen molar-refractivity contribution >= 4 is 5.91 Å². The van der Waals surface area contributed by atoms with Gasteiger partial charge in [0, 0.05) is 25.0 Å². The number of hydrogen-bond donors (Lipinski definition) is 1. The van der Waals surface area contributed by atoms with Gasteiger partial charge in [-0.2, -0.15) is 0 Å². The highest BCUT2D eigenvalue weighted by Crippen LogP contribution is 2.59. The van der Waals surface area contributed by atoms with E-state index in [4.69, 9.17) is 0 Å². The lowest BCUT2D eigenvalue weighted by Gasteiger charge is -2.23. The lowest BCUT2D eigenvalue weighted by Crippen LogP contribution is -2.35. The molecule has 1 N–H and O–H groups in total. The van der Waals surface area contributed by atoms with Crippen molar-refractivity contribution < 1.29 is 4.79 Å². The van der Waals surface area contributed by atoms with Crippen LogP contribution in [0, 0.1) is 5.92 Å². The molecule has 3 heteroatoms. The van der Waals surface area contributed by atoms with Crippen molar-refractivity contribution in [1.82, 2.24) is 10.2 Å². The van der Waals surface area contributed by atoms with Gasteiger partial charge >= 0.3 is 0 Å². The first kappa shape index (κ1) is 15.4. The van der Waals surface area contributed by atoms with Crippen LogP contribution >= 0.6 is 0 Å². The molecule has 124 valence electrons. The van der Waals surface area contributed by atoms with Crippen LogP contribution in [-0.2, 0) is 10.2 Å². The monoisotopic (exact) mass is 320 g/mol. The smallest absolute Gasteiger partial charge is 0.234 e. The van der Waals surface area contributed by atoms with Crippen molar-refractivity contribution in [3.05, 3.63) is 71.8 Å². The minimum Gasteiger partial charge on any atom is -0.355 e. The lowest BCUT2D eigenvalue weighted by atomic mass is 9.85. The number of rotatable bonds is 4. The summed E-state index contributed by atoms with van der Waals surface area (Å²) in [6.07, 6.45) is 2.21. The van der Waals surface area contributed by atoms with E-state index in [1.807, 2.05) is 0 Å². The van der Waals surface area contributed by atoms with Crippen LogP contribution < -0.4 is 5.32 Å². The summed E-state index contributed by atoms with van der Waals surface area (Å²) in [4.78, 5) is 14.2. The van der Waals surface area contributed by atoms with E-state index in [2.05, 4.69) is 70.9 Å². The zero-order valence-electron chi connectivity index (χ0n) is 13.9. The van der Waals surface area contributed by atoms with E-state index in [-0.39, 0.29) is 11.3 Å². The molecule has 3 nitrogen and oxygen atoms in total. The Kier molecular flexibility index (Phi) is 4.11. The van der Waals surface area contributed by atoms with E-state index in [1.165, 1.54) is 17.5 Å². The average molecular weight is 320 g/mol. The van der Waals surface area contributed by atoms with E-state index in [9.17, 15) is 4.79 Å². The first-order valence-corrected chi connectivity index (χ1v) is 8.89. The third-order valence-electron chi connectivity index (χ3n) is 5.50. The number of nitrogens with zero attached hydrogens (tertiary/aromatic N) is 1. The zero-order chi connectivity index (χ0) is 16.4. The summed E-state index contributed by atoms with van der Waals surface area (Å²) in [7, 11) is 0. The maximum absolute atomic E-state index is 11.8. The van der Waals surface area contributed by atoms with Gasteiger partial charge < -0.3 is 5.32 Å². The maximum atomic E-state index is 11.8. The Morgan fingerprint density at radius 2 is 1.62 bits per heavy atom. The minimum absolute atomic E-state index is 0.116. The van der Waals surface area contributed by atoms with Crippen molar-refractivity contribution in [3.63, 3.8) is 0 Å². The molecule has 4 rings (SSSR count). The number of carbonyl (C=O) groups is 1. The number of nitrogens with one attached hydrogen (secondary N) is 1. The molecule has 1 atom stereocenters. The average Bonchev–Trinajstić information content (AvgIpc) is 3.38. The molecule has 1 heterocycles. The van der Waals surface area contributed by atoms with Crippen molar-refractivity contribution in [1.29, 1.82) is 0 Å². The molecular weight excluding hydrogens is 296 g/mol. The first-order chi connectivity index (χ1) is 11.8. The Hall–Kier alpha value is -2.13. The second kappa shape index (κ2) is 6.40. The number of carbonyl (C=O) groups excluding carboxylic acids is 1. The highest BCUT2D eigenvalue weighted by molar-refractivity contribution is 5.78. The summed E-state index contributed by atoms with van der Waals surface area (Å²) >= 11 is 0. The second-order valence-corrected chi connectivity index (χ2v) is 7.04. The van der Waals surface area contributed by atoms with Crippen LogP contribution in [0.3, 0.4) is 0 Å². The van der Waals surface area contributed by atoms with Crippen LogP contribution in [0.1, 0.15) is 24.0 Å². The third kappa shape index (κ3) is 2.84. The predicted molar refractivity (Wildman–Crippen MR) is 95.8 cm³/mol. The molecule has 0 spiro atoms. The Morgan fingerprint density at radius 1 is 1.00 bits per heavy atom. The van der Waals surface area contributed by atoms with Crippen molar-refractivity contribution in [3.8, 4) is 0 Å². The molecule has 0 radical (unpaired) electrons. The predicted octanol–water partition coefficient (Wildman–Crippen LogP) is 2.81. The zero-order valence-corrected chi connectivity index (χ0v) is 13.9. The van der Waals surface area contributed by atoms with Crippen LogP contribution in [0.2, 0.25) is 0 Å². The molecule has 2 aromatic carbocycles. The Morgan fingerprint density at radius 3 is 2.25 bits per heavy atom. The lowest BCUT2D eigenvalue weighted by molar-refractivity contribution is -0.121. The minimum atomic E-state index is 0.116. The largest absolute Gasteiger partial charge is 0.355 e. The standard InChI is InChI=1S/C21H24N2O/c24-20-16-23(13-7-12-22-20)15-19-14-21(19,17-8-3-1-4-9-17)18-10-5-2-6-11-18/h1-6,8-11,19H,7,12-16H2,(H,22,24). The van der Waals surface area contributed by atoms with Gasteiger partial charge in [0.15, 0.2) is 0 Å². The molecule has 1 aliphatic carbocycles. The van der Waals surface area contributed by atoms with E-state index >= 15 is 0 Å². The fourth-order valence-corrected chi connectivity index (χ4v) is 4.23. The van der Waals surface area contributed by atoms with Crippen molar-refractivity contribution in [2.24, 2.45) is 5.92 Å². The Balaban J connectivity index is 1.59. The molecule has 1 unspecified atom stereocenters. The SMILES string of the molecule is O=C1CN(CC2CC2(c2ccccc2)c2ccccc2)CCCN1. The van der Waals surface area contributed by atoms with Gasteiger partial charge in [-0.25, -0.2) is 0 Å². The van der Waals surface area contributed by atoms with Crippen molar-refractivity contribution in [2.75, 3.05) is 26.2 Å². The van der Waals surface area contributed by atoms with Gasteiger partial charge in [-0.05, 0) is 29.9 Å². The van der Waals surface area contributed by atoms with E-state index in [1.54, 1.807) is 0 Å². The van der Waals surface area contributed by atoms with E-state index < -0.39 is 0 Å². The van der Waals surface area contributed by atoms with Crippen molar-refractivity contribution in [2.45, 2.75) is 18.3 Å². The highest BCUT2D eigenvalue weighted by atomic mass is 16.2. The number of amides is 1. The molecule has 2 aromatic rings. The van der Waals surface area contributed by atoms with E-state index in [0.29, 0.717) is 12.5 Å². The first-order valence-electron chi connectivity index (χ1n) is 8.89. The normalized spacial score (nSPS) is 23.3. The highest BCUT2D eigenvalue weighted by Gasteiger charge is 2.56. The summed E-state index contributed by atoms with van der Waals surface area (Å²) in [5.74, 6) is 0.742. The molecule has 1 saturated heterocycles. The Labute approximate surface area is 143 Å². The van der Waals surface area contributed by atoms with Crippen LogP contribution in [0.4, 0.5) is 0 Å². The molecule has 2 fully saturated rings. The van der Waals surface area contributed by atoms with Crippen LogP contribution in [0.25, 0.3) is 0 Å². The Bertz CT molecular complexity index is 659. The quantitative estimate of drug-likeness (QED) is 0.939. The summed E-state index contributed by atoms with van der Waals surface area (Å²) in [5, 5.41) is 2.97. The van der Waals surface area contributed by atoms with E-state index in [0.717, 1.165) is 26.1 Å².